The van der Waals surface area contributed by atoms with Crippen molar-refractivity contribution < 1.29 is 14.6 Å². The summed E-state index contributed by atoms with van der Waals surface area (Å²) in [6.07, 6.45) is 0.672. The Hall–Kier alpha value is -1.10. The van der Waals surface area contributed by atoms with Gasteiger partial charge in [0.25, 0.3) is 0 Å². The zero-order chi connectivity index (χ0) is 14.6. The molecule has 0 bridgehead atoms. The van der Waals surface area contributed by atoms with E-state index < -0.39 is 0 Å². The van der Waals surface area contributed by atoms with Crippen LogP contribution in [0, 0.1) is 11.3 Å². The molecule has 4 nitrogen and oxygen atoms in total. The molecule has 110 valence electrons. The van der Waals surface area contributed by atoms with Gasteiger partial charge in [-0.2, -0.15) is 0 Å². The van der Waals surface area contributed by atoms with Crippen LogP contribution in [0.2, 0.25) is 5.02 Å². The summed E-state index contributed by atoms with van der Waals surface area (Å²) in [5.74, 6) is -0.118. The molecule has 1 aliphatic heterocycles. The second-order valence-electron chi connectivity index (χ2n) is 5.60. The number of aliphatic hydroxyl groups excluding tert-OH is 1. The van der Waals surface area contributed by atoms with E-state index in [9.17, 15) is 9.90 Å². The summed E-state index contributed by atoms with van der Waals surface area (Å²) in [7, 11) is 0. The highest BCUT2D eigenvalue weighted by molar-refractivity contribution is 6.30. The lowest BCUT2D eigenvalue weighted by Gasteiger charge is -2.40. The monoisotopic (exact) mass is 297 g/mol. The topological polar surface area (TPSA) is 58.6 Å². The summed E-state index contributed by atoms with van der Waals surface area (Å²) in [5.41, 5.74) is 0.802. The maximum Gasteiger partial charge on any atom is 0.223 e. The Morgan fingerprint density at radius 2 is 2.10 bits per heavy atom. The van der Waals surface area contributed by atoms with E-state index in [0.717, 1.165) is 5.56 Å². The predicted molar refractivity (Wildman–Crippen MR) is 77.7 cm³/mol. The molecule has 1 atom stereocenters. The van der Waals surface area contributed by atoms with Crippen LogP contribution in [0.1, 0.15) is 12.5 Å². The van der Waals surface area contributed by atoms with Crippen molar-refractivity contribution in [1.82, 2.24) is 5.32 Å². The lowest BCUT2D eigenvalue weighted by atomic mass is 9.87. The third kappa shape index (κ3) is 3.72. The van der Waals surface area contributed by atoms with Gasteiger partial charge in [-0.15, -0.1) is 0 Å². The van der Waals surface area contributed by atoms with E-state index in [0.29, 0.717) is 31.2 Å². The number of benzene rings is 1. The molecular formula is C15H20ClNO3. The Morgan fingerprint density at radius 3 is 2.60 bits per heavy atom. The lowest BCUT2D eigenvalue weighted by Crippen LogP contribution is -2.53. The SMILES string of the molecule is CC(Cc1ccc(Cl)cc1)C(=O)NCC1(CO)COC1. The fraction of sp³-hybridized carbons (Fsp3) is 0.533. The van der Waals surface area contributed by atoms with Crippen LogP contribution in [0.25, 0.3) is 0 Å². The van der Waals surface area contributed by atoms with Crippen molar-refractivity contribution in [3.8, 4) is 0 Å². The van der Waals surface area contributed by atoms with Crippen molar-refractivity contribution in [2.75, 3.05) is 26.4 Å². The Kier molecular flexibility index (Phi) is 5.02. The van der Waals surface area contributed by atoms with E-state index in [-0.39, 0.29) is 23.8 Å². The molecule has 0 aromatic heterocycles. The molecule has 1 amide bonds. The van der Waals surface area contributed by atoms with Gasteiger partial charge in [-0.3, -0.25) is 4.79 Å². The van der Waals surface area contributed by atoms with Gasteiger partial charge in [-0.25, -0.2) is 0 Å². The Bertz CT molecular complexity index is 451. The molecule has 1 saturated heterocycles. The minimum atomic E-state index is -0.282. The van der Waals surface area contributed by atoms with Gasteiger partial charge in [0.1, 0.15) is 0 Å². The van der Waals surface area contributed by atoms with E-state index in [1.807, 2.05) is 31.2 Å². The molecule has 0 saturated carbocycles. The summed E-state index contributed by atoms with van der Waals surface area (Å²) in [5, 5.41) is 12.9. The molecule has 0 radical (unpaired) electrons. The van der Waals surface area contributed by atoms with Crippen molar-refractivity contribution in [1.29, 1.82) is 0 Å². The molecule has 1 heterocycles. The van der Waals surface area contributed by atoms with Crippen LogP contribution in [-0.2, 0) is 16.0 Å². The van der Waals surface area contributed by atoms with Gasteiger partial charge >= 0.3 is 0 Å². The van der Waals surface area contributed by atoms with Crippen LogP contribution in [0.3, 0.4) is 0 Å². The number of ether oxygens (including phenoxy) is 1. The number of carbonyl (C=O) groups is 1. The van der Waals surface area contributed by atoms with Crippen LogP contribution >= 0.6 is 11.6 Å². The molecule has 20 heavy (non-hydrogen) atoms. The number of hydrogen-bond donors (Lipinski definition) is 2. The maximum atomic E-state index is 12.1. The van der Waals surface area contributed by atoms with Gasteiger partial charge in [-0.05, 0) is 24.1 Å². The zero-order valence-corrected chi connectivity index (χ0v) is 12.3. The highest BCUT2D eigenvalue weighted by Gasteiger charge is 2.38. The molecule has 1 aromatic rings. The molecule has 2 N–H and O–H groups in total. The van der Waals surface area contributed by atoms with Crippen LogP contribution in [0.5, 0.6) is 0 Å². The smallest absolute Gasteiger partial charge is 0.223 e. The second-order valence-corrected chi connectivity index (χ2v) is 6.04. The molecule has 0 spiro atoms. The first-order valence-corrected chi connectivity index (χ1v) is 7.13. The van der Waals surface area contributed by atoms with E-state index in [2.05, 4.69) is 5.32 Å². The van der Waals surface area contributed by atoms with E-state index in [4.69, 9.17) is 16.3 Å². The van der Waals surface area contributed by atoms with Crippen molar-refractivity contribution in [3.63, 3.8) is 0 Å². The number of halogens is 1. The van der Waals surface area contributed by atoms with Crippen molar-refractivity contribution in [2.24, 2.45) is 11.3 Å². The molecule has 5 heteroatoms. The minimum Gasteiger partial charge on any atom is -0.396 e. The first-order valence-electron chi connectivity index (χ1n) is 6.75. The molecular weight excluding hydrogens is 278 g/mol. The standard InChI is InChI=1S/C15H20ClNO3/c1-11(6-12-2-4-13(16)5-3-12)14(19)17-7-15(8-18)9-20-10-15/h2-5,11,18H,6-10H2,1H3,(H,17,19). The van der Waals surface area contributed by atoms with Crippen LogP contribution in [0.4, 0.5) is 0 Å². The molecule has 1 unspecified atom stereocenters. The predicted octanol–water partition coefficient (Wildman–Crippen LogP) is 1.64. The number of nitrogens with one attached hydrogen (secondary N) is 1. The summed E-state index contributed by atoms with van der Waals surface area (Å²) in [6, 6.07) is 7.52. The third-order valence-corrected chi connectivity index (χ3v) is 3.94. The molecule has 1 aliphatic rings. The third-order valence-electron chi connectivity index (χ3n) is 3.69. The summed E-state index contributed by atoms with van der Waals surface area (Å²) < 4.78 is 5.10. The molecule has 2 rings (SSSR count). The van der Waals surface area contributed by atoms with Gasteiger partial charge in [0, 0.05) is 17.5 Å². The molecule has 0 aliphatic carbocycles. The maximum absolute atomic E-state index is 12.1. The average Bonchev–Trinajstić information content (AvgIpc) is 2.40. The van der Waals surface area contributed by atoms with E-state index >= 15 is 0 Å². The second kappa shape index (κ2) is 6.57. The van der Waals surface area contributed by atoms with Crippen molar-refractivity contribution in [3.05, 3.63) is 34.9 Å². The van der Waals surface area contributed by atoms with E-state index in [1.54, 1.807) is 0 Å². The summed E-state index contributed by atoms with van der Waals surface area (Å²) in [4.78, 5) is 12.1. The highest BCUT2D eigenvalue weighted by atomic mass is 35.5. The lowest BCUT2D eigenvalue weighted by molar-refractivity contribution is -0.142. The largest absolute Gasteiger partial charge is 0.396 e. The number of hydrogen-bond acceptors (Lipinski definition) is 3. The van der Waals surface area contributed by atoms with Gasteiger partial charge in [-0.1, -0.05) is 30.7 Å². The fourth-order valence-electron chi connectivity index (χ4n) is 2.16. The Labute approximate surface area is 124 Å². The molecule has 1 fully saturated rings. The van der Waals surface area contributed by atoms with Crippen LogP contribution < -0.4 is 5.32 Å². The van der Waals surface area contributed by atoms with Crippen molar-refractivity contribution >= 4 is 17.5 Å². The van der Waals surface area contributed by atoms with E-state index in [1.165, 1.54) is 0 Å². The average molecular weight is 298 g/mol. The van der Waals surface area contributed by atoms with Gasteiger partial charge in [0.05, 0.1) is 25.2 Å². The minimum absolute atomic E-state index is 0.000301. The quantitative estimate of drug-likeness (QED) is 0.839. The normalized spacial score (nSPS) is 18.1. The van der Waals surface area contributed by atoms with Crippen LogP contribution in [0.15, 0.2) is 24.3 Å². The Balaban J connectivity index is 1.81. The fourth-order valence-corrected chi connectivity index (χ4v) is 2.28. The summed E-state index contributed by atoms with van der Waals surface area (Å²) >= 11 is 5.83. The molecule has 1 aromatic carbocycles. The Morgan fingerprint density at radius 1 is 1.45 bits per heavy atom. The van der Waals surface area contributed by atoms with Gasteiger partial charge in [0.15, 0.2) is 0 Å². The van der Waals surface area contributed by atoms with Crippen molar-refractivity contribution in [2.45, 2.75) is 13.3 Å². The first kappa shape index (κ1) is 15.3. The highest BCUT2D eigenvalue weighted by Crippen LogP contribution is 2.25. The number of aliphatic hydroxyl groups is 1. The van der Waals surface area contributed by atoms with Gasteiger partial charge < -0.3 is 15.2 Å². The zero-order valence-electron chi connectivity index (χ0n) is 11.6. The van der Waals surface area contributed by atoms with Gasteiger partial charge in [0.2, 0.25) is 5.91 Å². The number of carbonyl (C=O) groups excluding carboxylic acids is 1. The van der Waals surface area contributed by atoms with Crippen LogP contribution in [-0.4, -0.2) is 37.4 Å². The first-order chi connectivity index (χ1) is 9.54. The summed E-state index contributed by atoms with van der Waals surface area (Å²) in [6.45, 7) is 3.42. The number of amides is 1. The number of rotatable bonds is 6.